The summed E-state index contributed by atoms with van der Waals surface area (Å²) >= 11 is 0. The molecule has 0 aromatic carbocycles. The van der Waals surface area contributed by atoms with E-state index in [4.69, 9.17) is 0 Å². The SMILES string of the molecule is CCCCCCCCCCCCCCCCCC(=O)c1ccn[nH]1. The minimum Gasteiger partial charge on any atom is -0.292 e. The number of H-pyrrole nitrogens is 1. The van der Waals surface area contributed by atoms with Crippen molar-refractivity contribution in [2.45, 2.75) is 110 Å². The number of ketones is 1. The van der Waals surface area contributed by atoms with Gasteiger partial charge < -0.3 is 0 Å². The zero-order valence-electron chi connectivity index (χ0n) is 15.8. The minimum absolute atomic E-state index is 0.196. The fourth-order valence-electron chi connectivity index (χ4n) is 3.20. The first kappa shape index (κ1) is 20.9. The van der Waals surface area contributed by atoms with E-state index in [1.165, 1.54) is 89.9 Å². The molecule has 138 valence electrons. The molecule has 0 saturated carbocycles. The van der Waals surface area contributed by atoms with Gasteiger partial charge in [0, 0.05) is 12.6 Å². The molecule has 3 heteroatoms. The summed E-state index contributed by atoms with van der Waals surface area (Å²) in [4.78, 5) is 11.8. The third kappa shape index (κ3) is 11.4. The van der Waals surface area contributed by atoms with E-state index in [9.17, 15) is 4.79 Å². The first-order chi connectivity index (χ1) is 11.8. The molecule has 0 aliphatic heterocycles. The van der Waals surface area contributed by atoms with E-state index in [0.29, 0.717) is 12.1 Å². The van der Waals surface area contributed by atoms with Gasteiger partial charge in [-0.3, -0.25) is 9.89 Å². The van der Waals surface area contributed by atoms with Crippen LogP contribution in [0.25, 0.3) is 0 Å². The number of nitrogens with one attached hydrogen (secondary N) is 1. The number of hydrogen-bond acceptors (Lipinski definition) is 2. The first-order valence-electron chi connectivity index (χ1n) is 10.4. The number of carbonyl (C=O) groups is 1. The number of nitrogens with zero attached hydrogens (tertiary/aromatic N) is 1. The summed E-state index contributed by atoms with van der Waals surface area (Å²) in [6, 6.07) is 1.76. The second kappa shape index (κ2) is 15.4. The van der Waals surface area contributed by atoms with Crippen molar-refractivity contribution in [3.8, 4) is 0 Å². The lowest BCUT2D eigenvalue weighted by atomic mass is 10.0. The van der Waals surface area contributed by atoms with Crippen LogP contribution < -0.4 is 0 Å². The highest BCUT2D eigenvalue weighted by Gasteiger charge is 2.05. The van der Waals surface area contributed by atoms with Crippen molar-refractivity contribution >= 4 is 5.78 Å². The molecule has 1 heterocycles. The highest BCUT2D eigenvalue weighted by Crippen LogP contribution is 2.14. The van der Waals surface area contributed by atoms with Crippen molar-refractivity contribution in [2.24, 2.45) is 0 Å². The summed E-state index contributed by atoms with van der Waals surface area (Å²) in [7, 11) is 0. The van der Waals surface area contributed by atoms with E-state index in [1.54, 1.807) is 12.3 Å². The molecule has 0 saturated heterocycles. The van der Waals surface area contributed by atoms with Crippen molar-refractivity contribution < 1.29 is 4.79 Å². The third-order valence-corrected chi connectivity index (χ3v) is 4.81. The van der Waals surface area contributed by atoms with Gasteiger partial charge in [0.05, 0.1) is 0 Å². The van der Waals surface area contributed by atoms with Crippen LogP contribution >= 0.6 is 0 Å². The Morgan fingerprint density at radius 1 is 0.792 bits per heavy atom. The average molecular weight is 335 g/mol. The zero-order chi connectivity index (χ0) is 17.3. The lowest BCUT2D eigenvalue weighted by molar-refractivity contribution is 0.0974. The lowest BCUT2D eigenvalue weighted by Crippen LogP contribution is -1.99. The van der Waals surface area contributed by atoms with Gasteiger partial charge in [-0.2, -0.15) is 5.10 Å². The molecule has 0 fully saturated rings. The van der Waals surface area contributed by atoms with Gasteiger partial charge in [0.25, 0.3) is 0 Å². The highest BCUT2D eigenvalue weighted by atomic mass is 16.1. The first-order valence-corrected chi connectivity index (χ1v) is 10.4. The van der Waals surface area contributed by atoms with Crippen molar-refractivity contribution in [2.75, 3.05) is 0 Å². The molecule has 0 aliphatic rings. The maximum atomic E-state index is 11.8. The Hall–Kier alpha value is -1.12. The van der Waals surface area contributed by atoms with E-state index in [2.05, 4.69) is 17.1 Å². The van der Waals surface area contributed by atoms with Crippen molar-refractivity contribution in [1.29, 1.82) is 0 Å². The molecule has 1 aromatic rings. The molecule has 1 N–H and O–H groups in total. The number of hydrogen-bond donors (Lipinski definition) is 1. The van der Waals surface area contributed by atoms with Gasteiger partial charge in [0.1, 0.15) is 5.69 Å². The normalized spacial score (nSPS) is 11.0. The van der Waals surface area contributed by atoms with Crippen molar-refractivity contribution in [3.63, 3.8) is 0 Å². The van der Waals surface area contributed by atoms with Crippen LogP contribution in [0.1, 0.15) is 120 Å². The summed E-state index contributed by atoms with van der Waals surface area (Å²) in [5, 5.41) is 6.56. The minimum atomic E-state index is 0.196. The predicted molar refractivity (Wildman–Crippen MR) is 102 cm³/mol. The summed E-state index contributed by atoms with van der Waals surface area (Å²) in [5.41, 5.74) is 0.653. The fraction of sp³-hybridized carbons (Fsp3) is 0.810. The number of rotatable bonds is 17. The molecular weight excluding hydrogens is 296 g/mol. The molecule has 0 aliphatic carbocycles. The molecule has 0 amide bonds. The number of aromatic nitrogens is 2. The van der Waals surface area contributed by atoms with Gasteiger partial charge in [-0.1, -0.05) is 96.8 Å². The van der Waals surface area contributed by atoms with E-state index in [0.717, 1.165) is 6.42 Å². The van der Waals surface area contributed by atoms with Crippen molar-refractivity contribution in [3.05, 3.63) is 18.0 Å². The Labute approximate surface area is 149 Å². The fourth-order valence-corrected chi connectivity index (χ4v) is 3.20. The smallest absolute Gasteiger partial charge is 0.180 e. The van der Waals surface area contributed by atoms with E-state index >= 15 is 0 Å². The summed E-state index contributed by atoms with van der Waals surface area (Å²) in [6.45, 7) is 2.28. The van der Waals surface area contributed by atoms with Crippen LogP contribution in [0.3, 0.4) is 0 Å². The number of Topliss-reactive ketones (excluding diaryl/α,β-unsaturated/α-hetero) is 1. The van der Waals surface area contributed by atoms with Crippen LogP contribution in [0, 0.1) is 0 Å². The van der Waals surface area contributed by atoms with Crippen LogP contribution in [0.4, 0.5) is 0 Å². The van der Waals surface area contributed by atoms with E-state index < -0.39 is 0 Å². The van der Waals surface area contributed by atoms with Crippen LogP contribution in [-0.4, -0.2) is 16.0 Å². The molecular formula is C21H38N2O. The third-order valence-electron chi connectivity index (χ3n) is 4.81. The van der Waals surface area contributed by atoms with Crippen LogP contribution in [0.2, 0.25) is 0 Å². The van der Waals surface area contributed by atoms with Gasteiger partial charge >= 0.3 is 0 Å². The number of carbonyl (C=O) groups excluding carboxylic acids is 1. The Balaban J connectivity index is 1.74. The predicted octanol–water partition coefficient (Wildman–Crippen LogP) is 6.85. The van der Waals surface area contributed by atoms with Gasteiger partial charge in [-0.05, 0) is 12.5 Å². The molecule has 1 aromatic heterocycles. The monoisotopic (exact) mass is 334 g/mol. The molecule has 0 atom stereocenters. The molecule has 0 spiro atoms. The quantitative estimate of drug-likeness (QED) is 0.250. The summed E-state index contributed by atoms with van der Waals surface area (Å²) in [6.07, 6.45) is 22.6. The summed E-state index contributed by atoms with van der Waals surface area (Å²) < 4.78 is 0. The number of unbranched alkanes of at least 4 members (excludes halogenated alkanes) is 14. The average Bonchev–Trinajstić information content (AvgIpc) is 3.13. The van der Waals surface area contributed by atoms with Gasteiger partial charge in [-0.25, -0.2) is 0 Å². The second-order valence-electron chi connectivity index (χ2n) is 7.09. The molecule has 24 heavy (non-hydrogen) atoms. The van der Waals surface area contributed by atoms with Crippen LogP contribution in [-0.2, 0) is 0 Å². The second-order valence-corrected chi connectivity index (χ2v) is 7.09. The van der Waals surface area contributed by atoms with Crippen LogP contribution in [0.15, 0.2) is 12.3 Å². The Morgan fingerprint density at radius 3 is 1.67 bits per heavy atom. The molecule has 0 bridgehead atoms. The van der Waals surface area contributed by atoms with Gasteiger partial charge in [0.2, 0.25) is 0 Å². The molecule has 3 nitrogen and oxygen atoms in total. The Bertz CT molecular complexity index is 387. The maximum absolute atomic E-state index is 11.8. The largest absolute Gasteiger partial charge is 0.292 e. The van der Waals surface area contributed by atoms with Gasteiger partial charge in [-0.15, -0.1) is 0 Å². The lowest BCUT2D eigenvalue weighted by Gasteiger charge is -2.03. The van der Waals surface area contributed by atoms with E-state index in [1.807, 2.05) is 0 Å². The topological polar surface area (TPSA) is 45.8 Å². The van der Waals surface area contributed by atoms with Gasteiger partial charge in [0.15, 0.2) is 5.78 Å². The Kier molecular flexibility index (Phi) is 13.4. The van der Waals surface area contributed by atoms with E-state index in [-0.39, 0.29) is 5.78 Å². The zero-order valence-corrected chi connectivity index (χ0v) is 15.8. The standard InChI is InChI=1S/C21H38N2O/c1-2-3-4-5-6-7-8-9-10-11-12-13-14-15-16-17-21(24)20-18-19-22-23-20/h18-19H,2-17H2,1H3,(H,22,23). The van der Waals surface area contributed by atoms with Crippen LogP contribution in [0.5, 0.6) is 0 Å². The highest BCUT2D eigenvalue weighted by molar-refractivity contribution is 5.93. The van der Waals surface area contributed by atoms with Crippen molar-refractivity contribution in [1.82, 2.24) is 10.2 Å². The Morgan fingerprint density at radius 2 is 1.25 bits per heavy atom. The molecule has 1 rings (SSSR count). The summed E-state index contributed by atoms with van der Waals surface area (Å²) in [5.74, 6) is 0.196. The molecule has 0 unspecified atom stereocenters. The number of aromatic amines is 1. The molecule has 0 radical (unpaired) electrons. The maximum Gasteiger partial charge on any atom is 0.180 e.